The zero-order chi connectivity index (χ0) is 20.1. The molecule has 2 N–H and O–H groups in total. The van der Waals surface area contributed by atoms with Gasteiger partial charge in [0.25, 0.3) is 5.91 Å². The Kier molecular flexibility index (Phi) is 6.33. The van der Waals surface area contributed by atoms with Crippen molar-refractivity contribution in [1.82, 2.24) is 14.9 Å². The summed E-state index contributed by atoms with van der Waals surface area (Å²) in [4.78, 5) is 33.9. The van der Waals surface area contributed by atoms with E-state index in [-0.39, 0.29) is 36.6 Å². The fourth-order valence-electron chi connectivity index (χ4n) is 3.21. The van der Waals surface area contributed by atoms with Gasteiger partial charge in [0, 0.05) is 24.6 Å². The van der Waals surface area contributed by atoms with Gasteiger partial charge in [0.05, 0.1) is 18.8 Å². The smallest absolute Gasteiger partial charge is 0.275 e. The number of hydrogen-bond acceptors (Lipinski definition) is 6. The number of aliphatic hydroxyl groups excluding tert-OH is 1. The van der Waals surface area contributed by atoms with Crippen molar-refractivity contribution in [3.05, 3.63) is 54.1 Å². The highest BCUT2D eigenvalue weighted by molar-refractivity contribution is 6.02. The lowest BCUT2D eigenvalue weighted by atomic mass is 9.98. The number of ether oxygens (including phenoxy) is 1. The summed E-state index contributed by atoms with van der Waals surface area (Å²) in [5.41, 5.74) is 1.66. The molecule has 0 bridgehead atoms. The van der Waals surface area contributed by atoms with Gasteiger partial charge >= 0.3 is 0 Å². The molecule has 3 rings (SSSR count). The second-order valence-electron chi connectivity index (χ2n) is 7.09. The van der Waals surface area contributed by atoms with Crippen LogP contribution in [0.25, 0.3) is 0 Å². The molecule has 0 saturated carbocycles. The number of aromatic nitrogens is 2. The van der Waals surface area contributed by atoms with Crippen LogP contribution in [0.1, 0.15) is 36.0 Å². The van der Waals surface area contributed by atoms with E-state index in [2.05, 4.69) is 15.3 Å². The quantitative estimate of drug-likeness (QED) is 0.785. The van der Waals surface area contributed by atoms with E-state index >= 15 is 0 Å². The summed E-state index contributed by atoms with van der Waals surface area (Å²) in [6.07, 6.45) is 3.93. The molecule has 1 aliphatic heterocycles. The van der Waals surface area contributed by atoms with Gasteiger partial charge in [-0.05, 0) is 23.6 Å². The minimum Gasteiger partial charge on any atom is -0.394 e. The Balaban J connectivity index is 1.73. The highest BCUT2D eigenvalue weighted by Gasteiger charge is 2.37. The van der Waals surface area contributed by atoms with E-state index in [1.807, 2.05) is 26.0 Å². The maximum absolute atomic E-state index is 12.2. The van der Waals surface area contributed by atoms with E-state index in [0.29, 0.717) is 12.2 Å². The zero-order valence-corrected chi connectivity index (χ0v) is 15.9. The normalized spacial score (nSPS) is 19.7. The second-order valence-corrected chi connectivity index (χ2v) is 7.09. The number of aliphatic hydroxyl groups is 1. The molecule has 2 heterocycles. The Hall–Kier alpha value is -2.84. The molecule has 8 nitrogen and oxygen atoms in total. The summed E-state index contributed by atoms with van der Waals surface area (Å²) in [5, 5.41) is 12.6. The highest BCUT2D eigenvalue weighted by atomic mass is 16.5. The fraction of sp³-hybridized carbons (Fsp3) is 0.400. The van der Waals surface area contributed by atoms with E-state index in [9.17, 15) is 14.7 Å². The largest absolute Gasteiger partial charge is 0.394 e. The molecule has 1 fully saturated rings. The summed E-state index contributed by atoms with van der Waals surface area (Å²) >= 11 is 0. The van der Waals surface area contributed by atoms with Crippen LogP contribution in [0.15, 0.2) is 42.9 Å². The number of nitrogens with one attached hydrogen (secondary N) is 1. The monoisotopic (exact) mass is 384 g/mol. The average molecular weight is 384 g/mol. The predicted molar refractivity (Wildman–Crippen MR) is 103 cm³/mol. The molecule has 148 valence electrons. The molecule has 1 aromatic heterocycles. The van der Waals surface area contributed by atoms with Gasteiger partial charge in [0.15, 0.2) is 0 Å². The topological polar surface area (TPSA) is 105 Å². The van der Waals surface area contributed by atoms with Crippen LogP contribution in [0.4, 0.5) is 5.69 Å². The SMILES string of the molecule is CC(C)CN1C(=O)COC(c2ccc(NC(=O)c3cnccn3)cc2)C1CO. The number of carbonyl (C=O) groups is 2. The van der Waals surface area contributed by atoms with Gasteiger partial charge in [-0.2, -0.15) is 0 Å². The first-order valence-corrected chi connectivity index (χ1v) is 9.19. The van der Waals surface area contributed by atoms with Crippen LogP contribution in [-0.4, -0.2) is 57.6 Å². The molecule has 2 amide bonds. The van der Waals surface area contributed by atoms with Crippen LogP contribution in [-0.2, 0) is 9.53 Å². The zero-order valence-electron chi connectivity index (χ0n) is 15.9. The number of rotatable bonds is 6. The number of hydrogen-bond donors (Lipinski definition) is 2. The van der Waals surface area contributed by atoms with Gasteiger partial charge < -0.3 is 20.1 Å². The van der Waals surface area contributed by atoms with Gasteiger partial charge in [-0.3, -0.25) is 14.6 Å². The van der Waals surface area contributed by atoms with Crippen molar-refractivity contribution in [2.45, 2.75) is 26.0 Å². The summed E-state index contributed by atoms with van der Waals surface area (Å²) in [6.45, 7) is 4.42. The second kappa shape index (κ2) is 8.90. The Labute approximate surface area is 163 Å². The Bertz CT molecular complexity index is 811. The molecule has 8 heteroatoms. The Morgan fingerprint density at radius 2 is 2.07 bits per heavy atom. The fourth-order valence-corrected chi connectivity index (χ4v) is 3.21. The van der Waals surface area contributed by atoms with Crippen LogP contribution in [0.5, 0.6) is 0 Å². The van der Waals surface area contributed by atoms with Crippen LogP contribution >= 0.6 is 0 Å². The molecule has 2 unspecified atom stereocenters. The number of amides is 2. The molecule has 0 spiro atoms. The maximum atomic E-state index is 12.2. The first-order chi connectivity index (χ1) is 13.5. The molecular weight excluding hydrogens is 360 g/mol. The predicted octanol–water partition coefficient (Wildman–Crippen LogP) is 1.65. The summed E-state index contributed by atoms with van der Waals surface area (Å²) in [7, 11) is 0. The van der Waals surface area contributed by atoms with Crippen molar-refractivity contribution in [3.8, 4) is 0 Å². The van der Waals surface area contributed by atoms with Crippen molar-refractivity contribution in [2.24, 2.45) is 5.92 Å². The molecular formula is C20H24N4O4. The number of carbonyl (C=O) groups excluding carboxylic acids is 2. The van der Waals surface area contributed by atoms with Crippen molar-refractivity contribution < 1.29 is 19.4 Å². The first kappa shape index (κ1) is 19.9. The van der Waals surface area contributed by atoms with E-state index in [4.69, 9.17) is 4.74 Å². The average Bonchev–Trinajstić information content (AvgIpc) is 2.70. The molecule has 2 atom stereocenters. The van der Waals surface area contributed by atoms with Crippen molar-refractivity contribution >= 4 is 17.5 Å². The first-order valence-electron chi connectivity index (χ1n) is 9.19. The molecule has 1 saturated heterocycles. The van der Waals surface area contributed by atoms with Crippen molar-refractivity contribution in [1.29, 1.82) is 0 Å². The van der Waals surface area contributed by atoms with Crippen LogP contribution in [0, 0.1) is 5.92 Å². The Morgan fingerprint density at radius 3 is 2.68 bits per heavy atom. The lowest BCUT2D eigenvalue weighted by Gasteiger charge is -2.41. The third-order valence-corrected chi connectivity index (χ3v) is 4.50. The third kappa shape index (κ3) is 4.52. The number of morpholine rings is 1. The molecule has 0 radical (unpaired) electrons. The van der Waals surface area contributed by atoms with Gasteiger partial charge in [0.2, 0.25) is 5.91 Å². The van der Waals surface area contributed by atoms with E-state index in [1.54, 1.807) is 17.0 Å². The molecule has 28 heavy (non-hydrogen) atoms. The maximum Gasteiger partial charge on any atom is 0.275 e. The summed E-state index contributed by atoms with van der Waals surface area (Å²) in [5.74, 6) is -0.177. The summed E-state index contributed by atoms with van der Waals surface area (Å²) in [6, 6.07) is 6.71. The van der Waals surface area contributed by atoms with Gasteiger partial charge in [-0.15, -0.1) is 0 Å². The van der Waals surface area contributed by atoms with Gasteiger partial charge in [-0.25, -0.2) is 4.98 Å². The highest BCUT2D eigenvalue weighted by Crippen LogP contribution is 2.30. The van der Waals surface area contributed by atoms with Crippen molar-refractivity contribution in [2.75, 3.05) is 25.1 Å². The van der Waals surface area contributed by atoms with Gasteiger partial charge in [0.1, 0.15) is 18.4 Å². The van der Waals surface area contributed by atoms with E-state index in [0.717, 1.165) is 5.56 Å². The molecule has 0 aliphatic carbocycles. The van der Waals surface area contributed by atoms with Crippen LogP contribution < -0.4 is 5.32 Å². The lowest BCUT2D eigenvalue weighted by Crippen LogP contribution is -2.53. The number of nitrogens with zero attached hydrogens (tertiary/aromatic N) is 3. The minimum atomic E-state index is -0.441. The molecule has 1 aromatic carbocycles. The standard InChI is InChI=1S/C20H24N4O4/c1-13(2)10-24-17(11-25)19(28-12-18(24)26)14-3-5-15(6-4-14)23-20(27)16-9-21-7-8-22-16/h3-9,13,17,19,25H,10-12H2,1-2H3,(H,23,27). The lowest BCUT2D eigenvalue weighted by molar-refractivity contribution is -0.161. The minimum absolute atomic E-state index is 0.0148. The van der Waals surface area contributed by atoms with Crippen molar-refractivity contribution in [3.63, 3.8) is 0 Å². The number of anilines is 1. The van der Waals surface area contributed by atoms with Crippen LogP contribution in [0.3, 0.4) is 0 Å². The third-order valence-electron chi connectivity index (χ3n) is 4.50. The van der Waals surface area contributed by atoms with Gasteiger partial charge in [-0.1, -0.05) is 26.0 Å². The Morgan fingerprint density at radius 1 is 1.32 bits per heavy atom. The van der Waals surface area contributed by atoms with Crippen LogP contribution in [0.2, 0.25) is 0 Å². The van der Waals surface area contributed by atoms with E-state index < -0.39 is 12.1 Å². The van der Waals surface area contributed by atoms with E-state index in [1.165, 1.54) is 18.6 Å². The summed E-state index contributed by atoms with van der Waals surface area (Å²) < 4.78 is 5.73. The molecule has 2 aromatic rings. The number of benzene rings is 1. The molecule has 1 aliphatic rings.